The first-order valence-corrected chi connectivity index (χ1v) is 7.16. The first kappa shape index (κ1) is 14.1. The fourth-order valence-electron chi connectivity index (χ4n) is 1.89. The number of anilines is 1. The van der Waals surface area contributed by atoms with Crippen LogP contribution >= 0.6 is 11.3 Å². The summed E-state index contributed by atoms with van der Waals surface area (Å²) < 4.78 is 6.46. The number of nitrogens with one attached hydrogen (secondary N) is 2. The molecule has 0 atom stereocenters. The lowest BCUT2D eigenvalue weighted by Gasteiger charge is -2.04. The number of rotatable bonds is 6. The van der Waals surface area contributed by atoms with E-state index in [1.165, 1.54) is 22.0 Å². The van der Waals surface area contributed by atoms with Crippen molar-refractivity contribution in [1.29, 1.82) is 0 Å². The molecule has 0 unspecified atom stereocenters. The highest BCUT2D eigenvalue weighted by atomic mass is 32.1. The second-order valence-electron chi connectivity index (χ2n) is 4.31. The van der Waals surface area contributed by atoms with E-state index < -0.39 is 4.92 Å². The number of nitro groups is 1. The molecule has 3 heterocycles. The summed E-state index contributed by atoms with van der Waals surface area (Å²) in [6.45, 7) is 0.139. The normalized spacial score (nSPS) is 10.7. The van der Waals surface area contributed by atoms with Gasteiger partial charge in [0.2, 0.25) is 11.7 Å². The van der Waals surface area contributed by atoms with Crippen molar-refractivity contribution in [3.8, 4) is 0 Å². The maximum absolute atomic E-state index is 11.7. The highest BCUT2D eigenvalue weighted by Gasteiger charge is 2.23. The highest BCUT2D eigenvalue weighted by molar-refractivity contribution is 7.15. The van der Waals surface area contributed by atoms with Gasteiger partial charge in [-0.15, -0.1) is 0 Å². The Kier molecular flexibility index (Phi) is 3.74. The van der Waals surface area contributed by atoms with Crippen LogP contribution in [0.2, 0.25) is 0 Å². The van der Waals surface area contributed by atoms with Crippen LogP contribution in [-0.2, 0) is 11.3 Å². The molecule has 0 saturated carbocycles. The number of carbonyl (C=O) groups excluding carboxylic acids is 1. The van der Waals surface area contributed by atoms with E-state index in [1.807, 2.05) is 0 Å². The van der Waals surface area contributed by atoms with Crippen molar-refractivity contribution in [2.75, 3.05) is 11.9 Å². The molecule has 0 aliphatic heterocycles. The molecule has 0 saturated heterocycles. The Balaban J connectivity index is 1.63. The van der Waals surface area contributed by atoms with Crippen LogP contribution in [0.15, 0.2) is 34.4 Å². The van der Waals surface area contributed by atoms with Crippen molar-refractivity contribution >= 4 is 33.8 Å². The van der Waals surface area contributed by atoms with Crippen molar-refractivity contribution in [2.24, 2.45) is 0 Å². The Labute approximate surface area is 127 Å². The van der Waals surface area contributed by atoms with Crippen LogP contribution in [0.3, 0.4) is 0 Å². The number of carbonyl (C=O) groups is 1. The summed E-state index contributed by atoms with van der Waals surface area (Å²) in [6.07, 6.45) is 3.08. The standard InChI is InChI=1S/C12H11N5O4S/c18-9(13-6-8-2-1-4-21-8)7-14-10-11(17(19)20)16-3-5-22-12(16)15-10/h1-5,14H,6-7H2,(H,13,18). The zero-order valence-electron chi connectivity index (χ0n) is 11.2. The molecule has 0 aliphatic carbocycles. The summed E-state index contributed by atoms with van der Waals surface area (Å²) in [5, 5.41) is 18.1. The van der Waals surface area contributed by atoms with E-state index in [2.05, 4.69) is 15.6 Å². The van der Waals surface area contributed by atoms with Crippen LogP contribution in [-0.4, -0.2) is 26.8 Å². The van der Waals surface area contributed by atoms with Gasteiger partial charge in [-0.05, 0) is 17.1 Å². The van der Waals surface area contributed by atoms with E-state index in [9.17, 15) is 14.9 Å². The lowest BCUT2D eigenvalue weighted by atomic mass is 10.4. The average Bonchev–Trinajstić information content (AvgIpc) is 3.18. The van der Waals surface area contributed by atoms with Gasteiger partial charge in [-0.3, -0.25) is 4.79 Å². The minimum atomic E-state index is -0.532. The lowest BCUT2D eigenvalue weighted by molar-refractivity contribution is -0.389. The number of nitrogens with zero attached hydrogens (tertiary/aromatic N) is 3. The fraction of sp³-hybridized carbons (Fsp3) is 0.167. The van der Waals surface area contributed by atoms with Gasteiger partial charge in [-0.1, -0.05) is 11.3 Å². The molecule has 22 heavy (non-hydrogen) atoms. The van der Waals surface area contributed by atoms with Gasteiger partial charge < -0.3 is 25.2 Å². The predicted molar refractivity (Wildman–Crippen MR) is 78.8 cm³/mol. The van der Waals surface area contributed by atoms with Crippen LogP contribution in [0.5, 0.6) is 0 Å². The number of hydrogen-bond donors (Lipinski definition) is 2. The van der Waals surface area contributed by atoms with Crippen LogP contribution < -0.4 is 10.6 Å². The molecular weight excluding hydrogens is 310 g/mol. The fourth-order valence-corrected chi connectivity index (χ4v) is 2.60. The number of amides is 1. The maximum Gasteiger partial charge on any atom is 0.372 e. The third-order valence-corrected chi connectivity index (χ3v) is 3.62. The Morgan fingerprint density at radius 1 is 1.55 bits per heavy atom. The summed E-state index contributed by atoms with van der Waals surface area (Å²) in [6, 6.07) is 3.46. The van der Waals surface area contributed by atoms with E-state index in [4.69, 9.17) is 4.42 Å². The molecule has 9 nitrogen and oxygen atoms in total. The molecule has 10 heteroatoms. The second-order valence-corrected chi connectivity index (χ2v) is 5.18. The summed E-state index contributed by atoms with van der Waals surface area (Å²) in [4.78, 5) is 26.9. The zero-order valence-corrected chi connectivity index (χ0v) is 12.0. The van der Waals surface area contributed by atoms with Gasteiger partial charge in [-0.2, -0.15) is 9.38 Å². The third-order valence-electron chi connectivity index (χ3n) is 2.87. The van der Waals surface area contributed by atoms with E-state index >= 15 is 0 Å². The molecule has 0 radical (unpaired) electrons. The molecule has 0 aliphatic rings. The Bertz CT molecular complexity index is 807. The van der Waals surface area contributed by atoms with Gasteiger partial charge in [0, 0.05) is 5.38 Å². The topological polar surface area (TPSA) is 115 Å². The molecule has 2 N–H and O–H groups in total. The van der Waals surface area contributed by atoms with Crippen LogP contribution in [0.4, 0.5) is 11.6 Å². The molecule has 3 aromatic rings. The van der Waals surface area contributed by atoms with E-state index in [0.717, 1.165) is 0 Å². The molecule has 0 bridgehead atoms. The molecular formula is C12H11N5O4S. The number of thiazole rings is 1. The van der Waals surface area contributed by atoms with Gasteiger partial charge in [0.1, 0.15) is 12.0 Å². The zero-order chi connectivity index (χ0) is 15.5. The monoisotopic (exact) mass is 321 g/mol. The van der Waals surface area contributed by atoms with Crippen molar-refractivity contribution in [1.82, 2.24) is 14.7 Å². The molecule has 0 fully saturated rings. The van der Waals surface area contributed by atoms with Crippen molar-refractivity contribution in [3.63, 3.8) is 0 Å². The van der Waals surface area contributed by atoms with Crippen LogP contribution in [0.1, 0.15) is 5.76 Å². The van der Waals surface area contributed by atoms with Crippen molar-refractivity contribution in [3.05, 3.63) is 45.8 Å². The number of furan rings is 1. The molecule has 114 valence electrons. The van der Waals surface area contributed by atoms with Gasteiger partial charge in [0.25, 0.3) is 4.96 Å². The Morgan fingerprint density at radius 2 is 2.41 bits per heavy atom. The van der Waals surface area contributed by atoms with Gasteiger partial charge in [0.15, 0.2) is 0 Å². The minimum Gasteiger partial charge on any atom is -0.467 e. The number of fused-ring (bicyclic) bond motifs is 1. The quantitative estimate of drug-likeness (QED) is 0.526. The highest BCUT2D eigenvalue weighted by Crippen LogP contribution is 2.27. The number of aromatic nitrogens is 2. The second kappa shape index (κ2) is 5.85. The van der Waals surface area contributed by atoms with Crippen LogP contribution in [0.25, 0.3) is 4.96 Å². The summed E-state index contributed by atoms with van der Waals surface area (Å²) in [7, 11) is 0. The van der Waals surface area contributed by atoms with Crippen molar-refractivity contribution < 1.29 is 14.1 Å². The van der Waals surface area contributed by atoms with Gasteiger partial charge >= 0.3 is 5.82 Å². The van der Waals surface area contributed by atoms with Gasteiger partial charge in [0.05, 0.1) is 19.4 Å². The SMILES string of the molecule is O=C(CNc1nc2sccn2c1[N+](=O)[O-])NCc1ccco1. The number of imidazole rings is 1. The van der Waals surface area contributed by atoms with E-state index in [0.29, 0.717) is 10.7 Å². The lowest BCUT2D eigenvalue weighted by Crippen LogP contribution is -2.29. The van der Waals surface area contributed by atoms with Crippen molar-refractivity contribution in [2.45, 2.75) is 6.54 Å². The first-order chi connectivity index (χ1) is 10.6. The first-order valence-electron chi connectivity index (χ1n) is 6.28. The number of hydrogen-bond acceptors (Lipinski definition) is 7. The molecule has 3 rings (SSSR count). The minimum absolute atomic E-state index is 0.0741. The summed E-state index contributed by atoms with van der Waals surface area (Å²) in [5.41, 5.74) is 0. The largest absolute Gasteiger partial charge is 0.467 e. The third kappa shape index (κ3) is 2.76. The Morgan fingerprint density at radius 3 is 3.14 bits per heavy atom. The molecule has 0 aromatic carbocycles. The molecule has 1 amide bonds. The summed E-state index contributed by atoms with van der Waals surface area (Å²) in [5.74, 6) is 0.198. The van der Waals surface area contributed by atoms with E-state index in [-0.39, 0.29) is 30.6 Å². The average molecular weight is 321 g/mol. The van der Waals surface area contributed by atoms with Crippen LogP contribution in [0, 0.1) is 10.1 Å². The van der Waals surface area contributed by atoms with E-state index in [1.54, 1.807) is 23.7 Å². The smallest absolute Gasteiger partial charge is 0.372 e. The molecule has 0 spiro atoms. The molecule has 3 aromatic heterocycles. The Hall–Kier alpha value is -2.88. The van der Waals surface area contributed by atoms with Gasteiger partial charge in [-0.25, -0.2) is 0 Å². The summed E-state index contributed by atoms with van der Waals surface area (Å²) >= 11 is 1.28. The maximum atomic E-state index is 11.7. The predicted octanol–water partition coefficient (Wildman–Crippen LogP) is 1.63.